The highest BCUT2D eigenvalue weighted by Crippen LogP contribution is 2.23. The Bertz CT molecular complexity index is 676. The van der Waals surface area contributed by atoms with Crippen molar-refractivity contribution in [2.24, 2.45) is 13.0 Å². The lowest BCUT2D eigenvalue weighted by Crippen LogP contribution is -2.39. The first-order valence-corrected chi connectivity index (χ1v) is 8.69. The van der Waals surface area contributed by atoms with Crippen LogP contribution in [0.15, 0.2) is 0 Å². The summed E-state index contributed by atoms with van der Waals surface area (Å²) in [6, 6.07) is 0. The molecule has 0 saturated carbocycles. The van der Waals surface area contributed by atoms with E-state index in [9.17, 15) is 14.4 Å². The topological polar surface area (TPSA) is 77.8 Å². The molecule has 0 saturated heterocycles. The van der Waals surface area contributed by atoms with Crippen molar-refractivity contribution in [3.63, 3.8) is 0 Å². The quantitative estimate of drug-likeness (QED) is 0.494. The van der Waals surface area contributed by atoms with Gasteiger partial charge in [0.2, 0.25) is 5.91 Å². The Hall–Kier alpha value is -2.15. The zero-order valence-corrected chi connectivity index (χ0v) is 16.8. The molecule has 7 nitrogen and oxygen atoms in total. The lowest BCUT2D eigenvalue weighted by molar-refractivity contribution is -0.134. The standard InChI is InChI=1S/C19H30N2O5/c1-12(2)8-9-21(16(23)11-25-6)10-15(22)17-13(3)18(19(24)26-7)20(5)14(17)4/h12H,8-11H2,1-7H3. The molecule has 0 fully saturated rings. The summed E-state index contributed by atoms with van der Waals surface area (Å²) in [7, 11) is 4.48. The summed E-state index contributed by atoms with van der Waals surface area (Å²) in [5.74, 6) is -0.492. The highest BCUT2D eigenvalue weighted by molar-refractivity contribution is 6.04. The summed E-state index contributed by atoms with van der Waals surface area (Å²) >= 11 is 0. The van der Waals surface area contributed by atoms with Crippen LogP contribution >= 0.6 is 0 Å². The Balaban J connectivity index is 3.13. The third-order valence-electron chi connectivity index (χ3n) is 4.52. The van der Waals surface area contributed by atoms with E-state index >= 15 is 0 Å². The molecule has 1 aromatic heterocycles. The van der Waals surface area contributed by atoms with E-state index in [1.54, 1.807) is 25.5 Å². The zero-order chi connectivity index (χ0) is 20.0. The first-order valence-electron chi connectivity index (χ1n) is 8.69. The Morgan fingerprint density at radius 3 is 2.27 bits per heavy atom. The van der Waals surface area contributed by atoms with Crippen LogP contribution in [-0.4, -0.2) is 61.0 Å². The fourth-order valence-corrected chi connectivity index (χ4v) is 2.95. The maximum atomic E-state index is 12.9. The molecule has 0 atom stereocenters. The molecule has 1 amide bonds. The van der Waals surface area contributed by atoms with Crippen LogP contribution in [0.3, 0.4) is 0 Å². The summed E-state index contributed by atoms with van der Waals surface area (Å²) in [6.07, 6.45) is 0.795. The van der Waals surface area contributed by atoms with Crippen LogP contribution in [0.1, 0.15) is 52.4 Å². The highest BCUT2D eigenvalue weighted by atomic mass is 16.5. The minimum atomic E-state index is -0.487. The number of Topliss-reactive ketones (excluding diaryl/α,β-unsaturated/α-hetero) is 1. The van der Waals surface area contributed by atoms with E-state index in [1.807, 2.05) is 0 Å². The van der Waals surface area contributed by atoms with E-state index in [1.165, 1.54) is 19.1 Å². The molecule has 26 heavy (non-hydrogen) atoms. The van der Waals surface area contributed by atoms with Crippen molar-refractivity contribution in [3.05, 3.63) is 22.5 Å². The van der Waals surface area contributed by atoms with Crippen LogP contribution in [0.5, 0.6) is 0 Å². The van der Waals surface area contributed by atoms with Crippen molar-refractivity contribution in [2.75, 3.05) is 33.9 Å². The van der Waals surface area contributed by atoms with Gasteiger partial charge in [0.05, 0.1) is 13.7 Å². The number of amides is 1. The van der Waals surface area contributed by atoms with Crippen molar-refractivity contribution in [1.29, 1.82) is 0 Å². The fourth-order valence-electron chi connectivity index (χ4n) is 2.95. The molecule has 0 aromatic carbocycles. The van der Waals surface area contributed by atoms with Crippen molar-refractivity contribution in [1.82, 2.24) is 9.47 Å². The van der Waals surface area contributed by atoms with Crippen LogP contribution in [0.2, 0.25) is 0 Å². The molecule has 0 N–H and O–H groups in total. The van der Waals surface area contributed by atoms with Crippen molar-refractivity contribution in [3.8, 4) is 0 Å². The third kappa shape index (κ3) is 4.94. The largest absolute Gasteiger partial charge is 0.464 e. The molecule has 1 rings (SSSR count). The van der Waals surface area contributed by atoms with Gasteiger partial charge in [0.1, 0.15) is 12.3 Å². The molecule has 0 aliphatic carbocycles. The smallest absolute Gasteiger partial charge is 0.354 e. The molecule has 7 heteroatoms. The lowest BCUT2D eigenvalue weighted by Gasteiger charge is -2.23. The molecule has 0 aliphatic heterocycles. The van der Waals surface area contributed by atoms with Gasteiger partial charge in [0.25, 0.3) is 0 Å². The van der Waals surface area contributed by atoms with E-state index in [-0.39, 0.29) is 24.8 Å². The van der Waals surface area contributed by atoms with Gasteiger partial charge in [-0.15, -0.1) is 0 Å². The number of carbonyl (C=O) groups excluding carboxylic acids is 3. The van der Waals surface area contributed by atoms with Gasteiger partial charge < -0.3 is 18.9 Å². The second kappa shape index (κ2) is 9.52. The molecule has 0 unspecified atom stereocenters. The molecule has 0 spiro atoms. The normalized spacial score (nSPS) is 10.9. The molecule has 1 heterocycles. The Morgan fingerprint density at radius 1 is 1.15 bits per heavy atom. The monoisotopic (exact) mass is 366 g/mol. The third-order valence-corrected chi connectivity index (χ3v) is 4.52. The molecule has 0 bridgehead atoms. The number of aromatic nitrogens is 1. The summed E-state index contributed by atoms with van der Waals surface area (Å²) in [5, 5.41) is 0. The van der Waals surface area contributed by atoms with Gasteiger partial charge in [-0.05, 0) is 31.7 Å². The van der Waals surface area contributed by atoms with Crippen LogP contribution in [0.25, 0.3) is 0 Å². The van der Waals surface area contributed by atoms with Crippen molar-refractivity contribution >= 4 is 17.7 Å². The van der Waals surface area contributed by atoms with Crippen LogP contribution in [-0.2, 0) is 21.3 Å². The summed E-state index contributed by atoms with van der Waals surface area (Å²) in [4.78, 5) is 38.7. The minimum absolute atomic E-state index is 0.0405. The molecule has 146 valence electrons. The van der Waals surface area contributed by atoms with Gasteiger partial charge in [0, 0.05) is 32.0 Å². The number of esters is 1. The van der Waals surface area contributed by atoms with Crippen molar-refractivity contribution in [2.45, 2.75) is 34.1 Å². The Morgan fingerprint density at radius 2 is 1.77 bits per heavy atom. The summed E-state index contributed by atoms with van der Waals surface area (Å²) < 4.78 is 11.4. The minimum Gasteiger partial charge on any atom is -0.464 e. The first-order chi connectivity index (χ1) is 12.1. The average molecular weight is 366 g/mol. The number of nitrogens with zero attached hydrogens (tertiary/aromatic N) is 2. The molecule has 0 aliphatic rings. The van der Waals surface area contributed by atoms with Crippen molar-refractivity contribution < 1.29 is 23.9 Å². The summed E-state index contributed by atoms with van der Waals surface area (Å²) in [6.45, 7) is 8.01. The summed E-state index contributed by atoms with van der Waals surface area (Å²) in [5.41, 5.74) is 2.07. The van der Waals surface area contributed by atoms with Crippen LogP contribution in [0, 0.1) is 19.8 Å². The molecule has 0 radical (unpaired) electrons. The van der Waals surface area contributed by atoms with E-state index < -0.39 is 5.97 Å². The second-order valence-electron chi connectivity index (χ2n) is 6.84. The maximum Gasteiger partial charge on any atom is 0.354 e. The predicted octanol–water partition coefficient (Wildman–Crippen LogP) is 2.13. The van der Waals surface area contributed by atoms with E-state index in [0.29, 0.717) is 35.0 Å². The van der Waals surface area contributed by atoms with E-state index in [4.69, 9.17) is 9.47 Å². The van der Waals surface area contributed by atoms with Gasteiger partial charge in [-0.3, -0.25) is 9.59 Å². The molecule has 1 aromatic rings. The lowest BCUT2D eigenvalue weighted by atomic mass is 10.0. The van der Waals surface area contributed by atoms with Crippen LogP contribution in [0.4, 0.5) is 0 Å². The number of hydrogen-bond donors (Lipinski definition) is 0. The number of hydrogen-bond acceptors (Lipinski definition) is 5. The second-order valence-corrected chi connectivity index (χ2v) is 6.84. The SMILES string of the molecule is COCC(=O)N(CCC(C)C)CC(=O)c1c(C)c(C(=O)OC)n(C)c1C. The Labute approximate surface area is 155 Å². The molecular formula is C19H30N2O5. The van der Waals surface area contributed by atoms with Gasteiger partial charge >= 0.3 is 5.97 Å². The fraction of sp³-hybridized carbons (Fsp3) is 0.632. The number of ketones is 1. The van der Waals surface area contributed by atoms with Gasteiger partial charge in [0.15, 0.2) is 5.78 Å². The van der Waals surface area contributed by atoms with Gasteiger partial charge in [-0.1, -0.05) is 13.8 Å². The average Bonchev–Trinajstić information content (AvgIpc) is 2.80. The van der Waals surface area contributed by atoms with E-state index in [2.05, 4.69) is 13.8 Å². The highest BCUT2D eigenvalue weighted by Gasteiger charge is 2.27. The number of ether oxygens (including phenoxy) is 2. The zero-order valence-electron chi connectivity index (χ0n) is 16.8. The van der Waals surface area contributed by atoms with E-state index in [0.717, 1.165) is 6.42 Å². The Kier molecular flexibility index (Phi) is 8.02. The first kappa shape index (κ1) is 21.9. The maximum absolute atomic E-state index is 12.9. The van der Waals surface area contributed by atoms with Crippen LogP contribution < -0.4 is 0 Å². The molecular weight excluding hydrogens is 336 g/mol. The van der Waals surface area contributed by atoms with Gasteiger partial charge in [-0.2, -0.15) is 0 Å². The number of rotatable bonds is 9. The number of methoxy groups -OCH3 is 2. The van der Waals surface area contributed by atoms with Gasteiger partial charge in [-0.25, -0.2) is 4.79 Å². The predicted molar refractivity (Wildman–Crippen MR) is 98.5 cm³/mol. The number of carbonyl (C=O) groups is 3.